The molecule has 1 nitrogen and oxygen atoms in total. The summed E-state index contributed by atoms with van der Waals surface area (Å²) in [5.41, 5.74) is 10.3. The van der Waals surface area contributed by atoms with Gasteiger partial charge in [-0.2, -0.15) is 0 Å². The zero-order valence-electron chi connectivity index (χ0n) is 10.8. The van der Waals surface area contributed by atoms with Gasteiger partial charge in [0.15, 0.2) is 0 Å². The van der Waals surface area contributed by atoms with Gasteiger partial charge in [-0.25, -0.2) is 0 Å². The van der Waals surface area contributed by atoms with E-state index in [1.54, 1.807) is 0 Å². The topological polar surface area (TPSA) is 26.0 Å². The molecule has 2 rings (SSSR count). The number of rotatable bonds is 3. The minimum atomic E-state index is 0.478. The van der Waals surface area contributed by atoms with Crippen LogP contribution in [-0.4, -0.2) is 0 Å². The van der Waals surface area contributed by atoms with E-state index >= 15 is 0 Å². The molecule has 0 atom stereocenters. The maximum atomic E-state index is 6.18. The van der Waals surface area contributed by atoms with Crippen molar-refractivity contribution in [2.75, 3.05) is 0 Å². The predicted molar refractivity (Wildman–Crippen MR) is 78.9 cm³/mol. The predicted octanol–water partition coefficient (Wildman–Crippen LogP) is 4.59. The van der Waals surface area contributed by atoms with Crippen LogP contribution < -0.4 is 5.73 Å². The van der Waals surface area contributed by atoms with Crippen molar-refractivity contribution in [1.82, 2.24) is 0 Å². The summed E-state index contributed by atoms with van der Waals surface area (Å²) < 4.78 is 0. The summed E-state index contributed by atoms with van der Waals surface area (Å²) >= 11 is 6.18. The first kappa shape index (κ1) is 13.1. The van der Waals surface area contributed by atoms with E-state index in [4.69, 9.17) is 17.3 Å². The van der Waals surface area contributed by atoms with Crippen LogP contribution in [0.3, 0.4) is 0 Å². The van der Waals surface area contributed by atoms with Crippen LogP contribution in [0.2, 0.25) is 5.02 Å². The molecule has 2 N–H and O–H groups in total. The van der Waals surface area contributed by atoms with E-state index < -0.39 is 0 Å². The Morgan fingerprint density at radius 2 is 1.61 bits per heavy atom. The maximum absolute atomic E-state index is 6.18. The molecule has 2 aromatic carbocycles. The van der Waals surface area contributed by atoms with E-state index in [-0.39, 0.29) is 0 Å². The van der Waals surface area contributed by atoms with E-state index in [1.807, 2.05) is 12.1 Å². The number of benzene rings is 2. The van der Waals surface area contributed by atoms with Crippen LogP contribution in [0.25, 0.3) is 11.1 Å². The standard InChI is InChI=1S/C16H18ClN/c1-11(2)12-3-5-13(6-4-12)14-7-8-15(10-18)16(17)9-14/h3-9,11H,10,18H2,1-2H3. The number of hydrogen-bond donors (Lipinski definition) is 1. The van der Waals surface area contributed by atoms with Gasteiger partial charge >= 0.3 is 0 Å². The zero-order valence-corrected chi connectivity index (χ0v) is 11.5. The van der Waals surface area contributed by atoms with Crippen molar-refractivity contribution in [1.29, 1.82) is 0 Å². The minimum absolute atomic E-state index is 0.478. The van der Waals surface area contributed by atoms with Crippen LogP contribution in [0.1, 0.15) is 30.9 Å². The number of halogens is 1. The molecular weight excluding hydrogens is 242 g/mol. The van der Waals surface area contributed by atoms with Gasteiger partial charge in [0.25, 0.3) is 0 Å². The molecule has 0 radical (unpaired) electrons. The van der Waals surface area contributed by atoms with Crippen molar-refractivity contribution in [3.63, 3.8) is 0 Å². The Labute approximate surface area is 114 Å². The summed E-state index contributed by atoms with van der Waals surface area (Å²) in [6, 6.07) is 14.7. The third-order valence-corrected chi connectivity index (χ3v) is 3.54. The highest BCUT2D eigenvalue weighted by molar-refractivity contribution is 6.31. The SMILES string of the molecule is CC(C)c1ccc(-c2ccc(CN)c(Cl)c2)cc1. The summed E-state index contributed by atoms with van der Waals surface area (Å²) in [6.45, 7) is 4.87. The lowest BCUT2D eigenvalue weighted by molar-refractivity contribution is 0.867. The average molecular weight is 260 g/mol. The molecule has 0 bridgehead atoms. The summed E-state index contributed by atoms with van der Waals surface area (Å²) in [5.74, 6) is 0.558. The Morgan fingerprint density at radius 3 is 2.11 bits per heavy atom. The van der Waals surface area contributed by atoms with Crippen molar-refractivity contribution in [3.05, 3.63) is 58.6 Å². The molecule has 0 amide bonds. The van der Waals surface area contributed by atoms with Crippen molar-refractivity contribution >= 4 is 11.6 Å². The van der Waals surface area contributed by atoms with E-state index in [1.165, 1.54) is 11.1 Å². The lowest BCUT2D eigenvalue weighted by atomic mass is 9.98. The Morgan fingerprint density at radius 1 is 1.00 bits per heavy atom. The third-order valence-electron chi connectivity index (χ3n) is 3.18. The molecule has 0 aliphatic carbocycles. The van der Waals surface area contributed by atoms with E-state index in [0.29, 0.717) is 12.5 Å². The molecule has 0 aromatic heterocycles. The molecule has 0 aliphatic rings. The zero-order chi connectivity index (χ0) is 13.1. The second-order valence-electron chi connectivity index (χ2n) is 4.79. The van der Waals surface area contributed by atoms with Gasteiger partial charge in [0.2, 0.25) is 0 Å². The average Bonchev–Trinajstić information content (AvgIpc) is 2.38. The molecule has 2 aromatic rings. The second kappa shape index (κ2) is 5.55. The first-order chi connectivity index (χ1) is 8.61. The molecule has 2 heteroatoms. The highest BCUT2D eigenvalue weighted by atomic mass is 35.5. The second-order valence-corrected chi connectivity index (χ2v) is 5.19. The number of hydrogen-bond acceptors (Lipinski definition) is 1. The fourth-order valence-corrected chi connectivity index (χ4v) is 2.21. The van der Waals surface area contributed by atoms with Gasteiger partial charge in [-0.3, -0.25) is 0 Å². The van der Waals surface area contributed by atoms with Gasteiger partial charge in [0.1, 0.15) is 0 Å². The van der Waals surface area contributed by atoms with E-state index in [2.05, 4.69) is 44.2 Å². The van der Waals surface area contributed by atoms with Gasteiger partial charge in [-0.05, 0) is 34.2 Å². The van der Waals surface area contributed by atoms with Crippen molar-refractivity contribution in [2.45, 2.75) is 26.3 Å². The Kier molecular flexibility index (Phi) is 4.05. The third kappa shape index (κ3) is 2.74. The molecule has 0 saturated heterocycles. The maximum Gasteiger partial charge on any atom is 0.0457 e. The quantitative estimate of drug-likeness (QED) is 0.857. The van der Waals surface area contributed by atoms with Gasteiger partial charge in [0, 0.05) is 11.6 Å². The highest BCUT2D eigenvalue weighted by Crippen LogP contribution is 2.26. The Hall–Kier alpha value is -1.31. The fourth-order valence-electron chi connectivity index (χ4n) is 1.95. The number of nitrogens with two attached hydrogens (primary N) is 1. The summed E-state index contributed by atoms with van der Waals surface area (Å²) in [6.07, 6.45) is 0. The van der Waals surface area contributed by atoms with Gasteiger partial charge in [-0.15, -0.1) is 0 Å². The molecule has 0 heterocycles. The van der Waals surface area contributed by atoms with E-state index in [9.17, 15) is 0 Å². The molecule has 94 valence electrons. The Bertz CT molecular complexity index is 529. The lowest BCUT2D eigenvalue weighted by Gasteiger charge is -2.08. The summed E-state index contributed by atoms with van der Waals surface area (Å²) in [5, 5.41) is 0.739. The van der Waals surface area contributed by atoms with Gasteiger partial charge in [0.05, 0.1) is 0 Å². The molecule has 0 unspecified atom stereocenters. The lowest BCUT2D eigenvalue weighted by Crippen LogP contribution is -1.96. The molecule has 18 heavy (non-hydrogen) atoms. The van der Waals surface area contributed by atoms with Crippen LogP contribution in [0.5, 0.6) is 0 Å². The smallest absolute Gasteiger partial charge is 0.0457 e. The molecule has 0 aliphatic heterocycles. The van der Waals surface area contributed by atoms with Crippen LogP contribution >= 0.6 is 11.6 Å². The first-order valence-corrected chi connectivity index (χ1v) is 6.58. The Balaban J connectivity index is 2.34. The van der Waals surface area contributed by atoms with E-state index in [0.717, 1.165) is 16.1 Å². The molecule has 0 saturated carbocycles. The van der Waals surface area contributed by atoms with Gasteiger partial charge < -0.3 is 5.73 Å². The van der Waals surface area contributed by atoms with Crippen LogP contribution in [0, 0.1) is 0 Å². The normalized spacial score (nSPS) is 10.9. The highest BCUT2D eigenvalue weighted by Gasteiger charge is 2.04. The van der Waals surface area contributed by atoms with Crippen molar-refractivity contribution in [2.24, 2.45) is 5.73 Å². The monoisotopic (exact) mass is 259 g/mol. The molecular formula is C16H18ClN. The van der Waals surface area contributed by atoms with Crippen LogP contribution in [0.15, 0.2) is 42.5 Å². The van der Waals surface area contributed by atoms with Gasteiger partial charge in [-0.1, -0.05) is 61.8 Å². The molecule has 0 spiro atoms. The molecule has 0 fully saturated rings. The summed E-state index contributed by atoms with van der Waals surface area (Å²) in [7, 11) is 0. The van der Waals surface area contributed by atoms with Crippen LogP contribution in [-0.2, 0) is 6.54 Å². The van der Waals surface area contributed by atoms with Crippen molar-refractivity contribution < 1.29 is 0 Å². The fraction of sp³-hybridized carbons (Fsp3) is 0.250. The summed E-state index contributed by atoms with van der Waals surface area (Å²) in [4.78, 5) is 0. The van der Waals surface area contributed by atoms with Crippen molar-refractivity contribution in [3.8, 4) is 11.1 Å². The largest absolute Gasteiger partial charge is 0.326 e. The first-order valence-electron chi connectivity index (χ1n) is 6.20. The van der Waals surface area contributed by atoms with Crippen LogP contribution in [0.4, 0.5) is 0 Å². The minimum Gasteiger partial charge on any atom is -0.326 e.